The zero-order chi connectivity index (χ0) is 27.0. The van der Waals surface area contributed by atoms with Crippen molar-refractivity contribution in [3.63, 3.8) is 0 Å². The molecule has 198 valence electrons. The second kappa shape index (κ2) is 10.0. The van der Waals surface area contributed by atoms with Crippen molar-refractivity contribution in [1.29, 1.82) is 0 Å². The Morgan fingerprint density at radius 2 is 1.84 bits per heavy atom. The van der Waals surface area contributed by atoms with Crippen LogP contribution in [0.4, 0.5) is 23.2 Å². The number of piperidine rings is 1. The van der Waals surface area contributed by atoms with Crippen molar-refractivity contribution >= 4 is 16.9 Å². The maximum atomic E-state index is 14.5. The maximum Gasteiger partial charge on any atom is 0.574 e. The molecule has 0 unspecified atom stereocenters. The normalized spacial score (nSPS) is 14.7. The average Bonchev–Trinajstić information content (AvgIpc) is 2.86. The van der Waals surface area contributed by atoms with E-state index in [2.05, 4.69) is 19.7 Å². The molecule has 1 aliphatic rings. The topological polar surface area (TPSA) is 73.1 Å². The van der Waals surface area contributed by atoms with Gasteiger partial charge in [-0.3, -0.25) is 14.3 Å². The smallest absolute Gasteiger partial charge is 0.388 e. The molecule has 0 atom stereocenters. The van der Waals surface area contributed by atoms with Crippen LogP contribution in [-0.4, -0.2) is 39.0 Å². The first-order valence-electron chi connectivity index (χ1n) is 12.2. The highest BCUT2D eigenvalue weighted by atomic mass is 19.4. The predicted octanol–water partition coefficient (Wildman–Crippen LogP) is 5.27. The summed E-state index contributed by atoms with van der Waals surface area (Å²) in [5.41, 5.74) is 2.91. The summed E-state index contributed by atoms with van der Waals surface area (Å²) in [5.74, 6) is -1.04. The van der Waals surface area contributed by atoms with Crippen LogP contribution in [-0.2, 0) is 6.54 Å². The van der Waals surface area contributed by atoms with E-state index in [-0.39, 0.29) is 35.0 Å². The van der Waals surface area contributed by atoms with E-state index in [0.29, 0.717) is 48.4 Å². The number of aryl methyl sites for hydroxylation is 2. The van der Waals surface area contributed by atoms with Gasteiger partial charge in [0.2, 0.25) is 5.88 Å². The van der Waals surface area contributed by atoms with Crippen LogP contribution in [0.2, 0.25) is 0 Å². The third-order valence-electron chi connectivity index (χ3n) is 6.77. The molecule has 1 fully saturated rings. The molecule has 0 aliphatic carbocycles. The van der Waals surface area contributed by atoms with Gasteiger partial charge in [0, 0.05) is 36.6 Å². The summed E-state index contributed by atoms with van der Waals surface area (Å²) in [6.45, 7) is 4.46. The van der Waals surface area contributed by atoms with E-state index in [0.717, 1.165) is 5.56 Å². The van der Waals surface area contributed by atoms with Gasteiger partial charge in [-0.2, -0.15) is 0 Å². The van der Waals surface area contributed by atoms with Crippen LogP contribution >= 0.6 is 0 Å². The molecule has 0 radical (unpaired) electrons. The van der Waals surface area contributed by atoms with Gasteiger partial charge in [-0.15, -0.1) is 13.2 Å². The van der Waals surface area contributed by atoms with E-state index in [1.54, 1.807) is 25.3 Å². The van der Waals surface area contributed by atoms with Gasteiger partial charge in [-0.25, -0.2) is 14.4 Å². The van der Waals surface area contributed by atoms with Crippen LogP contribution < -0.4 is 15.2 Å². The van der Waals surface area contributed by atoms with Crippen molar-refractivity contribution in [3.8, 4) is 5.88 Å². The number of ether oxygens (including phenoxy) is 1. The first-order chi connectivity index (χ1) is 18.1. The molecular formula is C27H25F4N5O2. The molecule has 1 aliphatic heterocycles. The number of halogens is 4. The molecule has 3 aromatic heterocycles. The highest BCUT2D eigenvalue weighted by Gasteiger charge is 2.33. The van der Waals surface area contributed by atoms with Gasteiger partial charge in [-0.05, 0) is 56.4 Å². The van der Waals surface area contributed by atoms with Crippen molar-refractivity contribution < 1.29 is 22.3 Å². The number of benzene rings is 1. The summed E-state index contributed by atoms with van der Waals surface area (Å²) >= 11 is 0. The third kappa shape index (κ3) is 5.18. The largest absolute Gasteiger partial charge is 0.574 e. The molecule has 1 saturated heterocycles. The number of hydrogen-bond acceptors (Lipinski definition) is 6. The van der Waals surface area contributed by atoms with Gasteiger partial charge in [0.25, 0.3) is 5.56 Å². The van der Waals surface area contributed by atoms with Crippen LogP contribution in [0.15, 0.2) is 53.6 Å². The molecule has 0 spiro atoms. The quantitative estimate of drug-likeness (QED) is 0.329. The SMILES string of the molecule is Cc1cnc2cc(C3CCN(c4c(C)cccc4F)CC3)c(=O)n(Cc3cccnc3OC(F)(F)F)c2n1. The molecule has 0 amide bonds. The number of hydrogen-bond donors (Lipinski definition) is 0. The molecule has 0 bridgehead atoms. The fourth-order valence-electron chi connectivity index (χ4n) is 5.03. The second-order valence-corrected chi connectivity index (χ2v) is 9.39. The molecule has 4 heterocycles. The zero-order valence-corrected chi connectivity index (χ0v) is 20.8. The molecule has 38 heavy (non-hydrogen) atoms. The Morgan fingerprint density at radius 1 is 1.08 bits per heavy atom. The van der Waals surface area contributed by atoms with E-state index in [9.17, 15) is 22.4 Å². The molecule has 4 aromatic rings. The minimum Gasteiger partial charge on any atom is -0.388 e. The van der Waals surface area contributed by atoms with Crippen LogP contribution in [0.5, 0.6) is 5.88 Å². The fourth-order valence-corrected chi connectivity index (χ4v) is 5.03. The van der Waals surface area contributed by atoms with Crippen molar-refractivity contribution in [1.82, 2.24) is 19.5 Å². The Kier molecular flexibility index (Phi) is 6.77. The molecule has 0 saturated carbocycles. The van der Waals surface area contributed by atoms with E-state index < -0.39 is 12.2 Å². The minimum atomic E-state index is -4.93. The number of para-hydroxylation sites is 1. The predicted molar refractivity (Wildman–Crippen MR) is 134 cm³/mol. The first-order valence-corrected chi connectivity index (χ1v) is 12.2. The van der Waals surface area contributed by atoms with Crippen molar-refractivity contribution in [2.45, 2.75) is 45.5 Å². The Hall–Kier alpha value is -4.02. The van der Waals surface area contributed by atoms with Gasteiger partial charge < -0.3 is 9.64 Å². The van der Waals surface area contributed by atoms with Crippen LogP contribution in [0.3, 0.4) is 0 Å². The van der Waals surface area contributed by atoms with Gasteiger partial charge in [0.15, 0.2) is 5.65 Å². The molecule has 11 heteroatoms. The Balaban J connectivity index is 1.51. The van der Waals surface area contributed by atoms with Crippen LogP contribution in [0, 0.1) is 19.7 Å². The third-order valence-corrected chi connectivity index (χ3v) is 6.77. The summed E-state index contributed by atoms with van der Waals surface area (Å²) in [4.78, 5) is 28.4. The van der Waals surface area contributed by atoms with E-state index >= 15 is 0 Å². The minimum absolute atomic E-state index is 0.0820. The Bertz CT molecular complexity index is 1530. The molecule has 1 aromatic carbocycles. The molecule has 5 rings (SSSR count). The van der Waals surface area contributed by atoms with Crippen molar-refractivity contribution in [3.05, 3.63) is 87.3 Å². The van der Waals surface area contributed by atoms with Crippen LogP contribution in [0.25, 0.3) is 11.2 Å². The zero-order valence-electron chi connectivity index (χ0n) is 20.8. The number of aromatic nitrogens is 4. The number of rotatable bonds is 5. The lowest BCUT2D eigenvalue weighted by atomic mass is 9.89. The fraction of sp³-hybridized carbons (Fsp3) is 0.333. The summed E-state index contributed by atoms with van der Waals surface area (Å²) in [6.07, 6.45) is -0.963. The number of anilines is 1. The molecular weight excluding hydrogens is 502 g/mol. The van der Waals surface area contributed by atoms with Crippen molar-refractivity contribution in [2.75, 3.05) is 18.0 Å². The van der Waals surface area contributed by atoms with Gasteiger partial charge in [0.1, 0.15) is 11.3 Å². The number of nitrogens with zero attached hydrogens (tertiary/aromatic N) is 5. The Labute approximate surface area is 215 Å². The van der Waals surface area contributed by atoms with Gasteiger partial charge >= 0.3 is 6.36 Å². The highest BCUT2D eigenvalue weighted by molar-refractivity contribution is 5.71. The maximum absolute atomic E-state index is 14.5. The summed E-state index contributed by atoms with van der Waals surface area (Å²) in [5, 5.41) is 0. The van der Waals surface area contributed by atoms with Crippen LogP contribution in [0.1, 0.15) is 41.1 Å². The molecule has 0 N–H and O–H groups in total. The summed E-state index contributed by atoms with van der Waals surface area (Å²) < 4.78 is 58.9. The lowest BCUT2D eigenvalue weighted by Crippen LogP contribution is -2.36. The number of alkyl halides is 3. The van der Waals surface area contributed by atoms with Gasteiger partial charge in [-0.1, -0.05) is 18.2 Å². The molecule has 7 nitrogen and oxygen atoms in total. The van der Waals surface area contributed by atoms with E-state index in [4.69, 9.17) is 0 Å². The van der Waals surface area contributed by atoms with E-state index in [1.807, 2.05) is 17.9 Å². The average molecular weight is 528 g/mol. The summed E-state index contributed by atoms with van der Waals surface area (Å²) in [6, 6.07) is 9.60. The van der Waals surface area contributed by atoms with Gasteiger partial charge in [0.05, 0.1) is 17.9 Å². The first kappa shape index (κ1) is 25.6. The van der Waals surface area contributed by atoms with Crippen molar-refractivity contribution in [2.24, 2.45) is 0 Å². The standard InChI is InChI=1S/C27H25F4N5O2/c1-16-5-3-7-21(28)23(16)35-11-8-18(9-12-35)20-13-22-24(34-17(2)14-33-22)36(26(20)37)15-19-6-4-10-32-25(19)38-27(29,30)31/h3-7,10,13-14,18H,8-9,11-12,15H2,1-2H3. The lowest BCUT2D eigenvalue weighted by molar-refractivity contribution is -0.276. The number of pyridine rings is 2. The highest BCUT2D eigenvalue weighted by Crippen LogP contribution is 2.33. The second-order valence-electron chi connectivity index (χ2n) is 9.39. The monoisotopic (exact) mass is 527 g/mol. The Morgan fingerprint density at radius 3 is 2.55 bits per heavy atom. The number of fused-ring (bicyclic) bond motifs is 1. The van der Waals surface area contributed by atoms with E-state index in [1.165, 1.54) is 29.0 Å². The lowest BCUT2D eigenvalue weighted by Gasteiger charge is -2.34. The summed E-state index contributed by atoms with van der Waals surface area (Å²) in [7, 11) is 0.